The molecule has 0 bridgehead atoms. The van der Waals surface area contributed by atoms with Gasteiger partial charge in [0.2, 0.25) is 5.91 Å². The summed E-state index contributed by atoms with van der Waals surface area (Å²) in [5, 5.41) is 7.89. The third kappa shape index (κ3) is 3.01. The van der Waals surface area contributed by atoms with E-state index in [9.17, 15) is 9.59 Å². The standard InChI is InChI=1S/C19H19ClN4O2/c1-12-6-7-13(20)10-16(12)21-17(25)11-23-8-9-24-18(19(23)26)14-4-2-3-5-15(14)22-24/h6-10H,2-5,11H2,1H3,(H,21,25). The van der Waals surface area contributed by atoms with Gasteiger partial charge in [-0.1, -0.05) is 17.7 Å². The predicted octanol–water partition coefficient (Wildman–Crippen LogP) is 2.98. The van der Waals surface area contributed by atoms with Gasteiger partial charge in [0.25, 0.3) is 5.56 Å². The van der Waals surface area contributed by atoms with Crippen molar-refractivity contribution < 1.29 is 4.79 Å². The van der Waals surface area contributed by atoms with Crippen LogP contribution in [-0.2, 0) is 24.2 Å². The lowest BCUT2D eigenvalue weighted by atomic mass is 9.97. The molecule has 0 radical (unpaired) electrons. The van der Waals surface area contributed by atoms with E-state index < -0.39 is 0 Å². The van der Waals surface area contributed by atoms with E-state index in [1.54, 1.807) is 29.0 Å². The molecule has 4 rings (SSSR count). The van der Waals surface area contributed by atoms with Crippen LogP contribution in [0.5, 0.6) is 0 Å². The Bertz CT molecular complexity index is 1070. The maximum absolute atomic E-state index is 12.9. The van der Waals surface area contributed by atoms with Crippen molar-refractivity contribution in [2.75, 3.05) is 5.32 Å². The Labute approximate surface area is 155 Å². The summed E-state index contributed by atoms with van der Waals surface area (Å²) >= 11 is 5.99. The Morgan fingerprint density at radius 1 is 1.27 bits per heavy atom. The third-order valence-electron chi connectivity index (χ3n) is 4.82. The number of benzene rings is 1. The first-order chi connectivity index (χ1) is 12.5. The van der Waals surface area contributed by atoms with Gasteiger partial charge in [-0.2, -0.15) is 5.10 Å². The monoisotopic (exact) mass is 370 g/mol. The fourth-order valence-corrected chi connectivity index (χ4v) is 3.63. The highest BCUT2D eigenvalue weighted by molar-refractivity contribution is 6.31. The average molecular weight is 371 g/mol. The van der Waals surface area contributed by atoms with Crippen molar-refractivity contribution in [3.63, 3.8) is 0 Å². The summed E-state index contributed by atoms with van der Waals surface area (Å²) in [6, 6.07) is 5.32. The van der Waals surface area contributed by atoms with Crippen molar-refractivity contribution in [3.05, 3.63) is 62.8 Å². The molecule has 1 aromatic carbocycles. The molecule has 0 aliphatic heterocycles. The molecule has 0 saturated carbocycles. The number of anilines is 1. The van der Waals surface area contributed by atoms with Gasteiger partial charge >= 0.3 is 0 Å². The van der Waals surface area contributed by atoms with Crippen LogP contribution in [0.1, 0.15) is 29.7 Å². The normalized spacial score (nSPS) is 13.6. The topological polar surface area (TPSA) is 68.4 Å². The van der Waals surface area contributed by atoms with Crippen LogP contribution in [0.3, 0.4) is 0 Å². The molecule has 0 saturated heterocycles. The lowest BCUT2D eigenvalue weighted by Crippen LogP contribution is -2.28. The summed E-state index contributed by atoms with van der Waals surface area (Å²) in [7, 11) is 0. The number of aryl methyl sites for hydroxylation is 3. The van der Waals surface area contributed by atoms with E-state index in [1.165, 1.54) is 4.57 Å². The Balaban J connectivity index is 1.63. The van der Waals surface area contributed by atoms with Crippen LogP contribution >= 0.6 is 11.6 Å². The van der Waals surface area contributed by atoms with Crippen LogP contribution in [0.25, 0.3) is 5.52 Å². The zero-order valence-electron chi connectivity index (χ0n) is 14.5. The minimum Gasteiger partial charge on any atom is -0.324 e. The van der Waals surface area contributed by atoms with Crippen molar-refractivity contribution in [3.8, 4) is 0 Å². The van der Waals surface area contributed by atoms with Gasteiger partial charge in [0, 0.05) is 28.7 Å². The molecule has 1 aliphatic rings. The molecule has 2 aromatic heterocycles. The lowest BCUT2D eigenvalue weighted by Gasteiger charge is -2.11. The predicted molar refractivity (Wildman–Crippen MR) is 101 cm³/mol. The summed E-state index contributed by atoms with van der Waals surface area (Å²) in [4.78, 5) is 25.3. The van der Waals surface area contributed by atoms with Gasteiger partial charge in [-0.15, -0.1) is 0 Å². The van der Waals surface area contributed by atoms with Gasteiger partial charge in [0.15, 0.2) is 0 Å². The molecule has 2 heterocycles. The van der Waals surface area contributed by atoms with E-state index in [0.29, 0.717) is 16.2 Å². The van der Waals surface area contributed by atoms with E-state index in [2.05, 4.69) is 10.4 Å². The quantitative estimate of drug-likeness (QED) is 0.770. The van der Waals surface area contributed by atoms with Crippen LogP contribution in [-0.4, -0.2) is 20.1 Å². The van der Waals surface area contributed by atoms with Crippen molar-refractivity contribution in [2.24, 2.45) is 0 Å². The Kier molecular flexibility index (Phi) is 4.28. The first-order valence-corrected chi connectivity index (χ1v) is 9.06. The molecule has 0 fully saturated rings. The highest BCUT2D eigenvalue weighted by atomic mass is 35.5. The molecule has 3 aromatic rings. The van der Waals surface area contributed by atoms with Crippen LogP contribution in [0.2, 0.25) is 5.02 Å². The summed E-state index contributed by atoms with van der Waals surface area (Å²) in [6.45, 7) is 1.84. The van der Waals surface area contributed by atoms with Crippen LogP contribution < -0.4 is 10.9 Å². The molecular formula is C19H19ClN4O2. The highest BCUT2D eigenvalue weighted by Crippen LogP contribution is 2.23. The summed E-state index contributed by atoms with van der Waals surface area (Å²) < 4.78 is 3.08. The maximum atomic E-state index is 12.9. The molecule has 1 aliphatic carbocycles. The van der Waals surface area contributed by atoms with Crippen molar-refractivity contribution in [1.82, 2.24) is 14.2 Å². The SMILES string of the molecule is Cc1ccc(Cl)cc1NC(=O)Cn1ccn2nc3c(c2c1=O)CCCC3. The Morgan fingerprint density at radius 3 is 2.92 bits per heavy atom. The number of aromatic nitrogens is 3. The van der Waals surface area contributed by atoms with Gasteiger partial charge in [-0.25, -0.2) is 4.52 Å². The lowest BCUT2D eigenvalue weighted by molar-refractivity contribution is -0.116. The van der Waals surface area contributed by atoms with E-state index in [4.69, 9.17) is 11.6 Å². The molecule has 6 nitrogen and oxygen atoms in total. The van der Waals surface area contributed by atoms with E-state index in [1.807, 2.05) is 13.0 Å². The number of carbonyl (C=O) groups is 1. The van der Waals surface area contributed by atoms with Gasteiger partial charge < -0.3 is 9.88 Å². The smallest absolute Gasteiger partial charge is 0.277 e. The largest absolute Gasteiger partial charge is 0.324 e. The highest BCUT2D eigenvalue weighted by Gasteiger charge is 2.20. The minimum absolute atomic E-state index is 0.0543. The molecule has 0 spiro atoms. The Hall–Kier alpha value is -2.60. The number of hydrogen-bond acceptors (Lipinski definition) is 3. The van der Waals surface area contributed by atoms with Crippen LogP contribution in [0, 0.1) is 6.92 Å². The van der Waals surface area contributed by atoms with E-state index >= 15 is 0 Å². The fraction of sp³-hybridized carbons (Fsp3) is 0.316. The van der Waals surface area contributed by atoms with E-state index in [-0.39, 0.29) is 18.0 Å². The number of carbonyl (C=O) groups excluding carboxylic acids is 1. The van der Waals surface area contributed by atoms with Crippen molar-refractivity contribution >= 4 is 28.7 Å². The fourth-order valence-electron chi connectivity index (χ4n) is 3.45. The van der Waals surface area contributed by atoms with Crippen LogP contribution in [0.15, 0.2) is 35.4 Å². The molecular weight excluding hydrogens is 352 g/mol. The number of fused-ring (bicyclic) bond motifs is 3. The summed E-state index contributed by atoms with van der Waals surface area (Å²) in [5.41, 5.74) is 4.01. The maximum Gasteiger partial charge on any atom is 0.277 e. The molecule has 0 unspecified atom stereocenters. The van der Waals surface area contributed by atoms with Gasteiger partial charge in [0.05, 0.1) is 5.69 Å². The number of amides is 1. The van der Waals surface area contributed by atoms with Crippen molar-refractivity contribution in [2.45, 2.75) is 39.2 Å². The van der Waals surface area contributed by atoms with Gasteiger partial charge in [-0.05, 0) is 50.3 Å². The number of halogens is 1. The second kappa shape index (κ2) is 6.61. The average Bonchev–Trinajstić information content (AvgIpc) is 3.00. The number of hydrogen-bond donors (Lipinski definition) is 1. The first-order valence-electron chi connectivity index (χ1n) is 8.68. The molecule has 0 atom stereocenters. The Morgan fingerprint density at radius 2 is 2.08 bits per heavy atom. The molecule has 134 valence electrons. The summed E-state index contributed by atoms with van der Waals surface area (Å²) in [5.74, 6) is -0.268. The zero-order chi connectivity index (χ0) is 18.3. The van der Waals surface area contributed by atoms with Gasteiger partial charge in [-0.3, -0.25) is 9.59 Å². The third-order valence-corrected chi connectivity index (χ3v) is 5.06. The minimum atomic E-state index is -0.268. The van der Waals surface area contributed by atoms with Crippen molar-refractivity contribution in [1.29, 1.82) is 0 Å². The second-order valence-electron chi connectivity index (χ2n) is 6.66. The molecule has 26 heavy (non-hydrogen) atoms. The summed E-state index contributed by atoms with van der Waals surface area (Å²) in [6.07, 6.45) is 7.30. The number of nitrogens with one attached hydrogen (secondary N) is 1. The zero-order valence-corrected chi connectivity index (χ0v) is 15.2. The van der Waals surface area contributed by atoms with Gasteiger partial charge in [0.1, 0.15) is 12.1 Å². The first kappa shape index (κ1) is 16.8. The molecule has 1 amide bonds. The molecule has 7 heteroatoms. The molecule has 1 N–H and O–H groups in total. The number of rotatable bonds is 3. The van der Waals surface area contributed by atoms with E-state index in [0.717, 1.165) is 42.5 Å². The second-order valence-corrected chi connectivity index (χ2v) is 7.10. The number of nitrogens with zero attached hydrogens (tertiary/aromatic N) is 3. The van der Waals surface area contributed by atoms with Crippen LogP contribution in [0.4, 0.5) is 5.69 Å².